The monoisotopic (exact) mass is 390 g/mol. The van der Waals surface area contributed by atoms with E-state index in [2.05, 4.69) is 15.3 Å². The smallest absolute Gasteiger partial charge is 0.261 e. The zero-order chi connectivity index (χ0) is 19.7. The van der Waals surface area contributed by atoms with Gasteiger partial charge in [-0.15, -0.1) is 11.3 Å². The molecule has 2 heterocycles. The minimum absolute atomic E-state index is 0.109. The predicted octanol–water partition coefficient (Wildman–Crippen LogP) is 3.78. The molecule has 0 aliphatic carbocycles. The zero-order valence-electron chi connectivity index (χ0n) is 15.5. The summed E-state index contributed by atoms with van der Waals surface area (Å²) in [6.45, 7) is 3.64. The number of thiazole rings is 1. The second-order valence-electron chi connectivity index (χ2n) is 6.52. The minimum atomic E-state index is -0.313. The Labute approximate surface area is 165 Å². The van der Waals surface area contributed by atoms with Crippen LogP contribution in [0.1, 0.15) is 11.4 Å². The molecule has 2 aromatic carbocycles. The molecule has 0 bridgehead atoms. The van der Waals surface area contributed by atoms with E-state index in [-0.39, 0.29) is 18.0 Å². The molecule has 0 spiro atoms. The topological polar surface area (TPSA) is 76.9 Å². The summed E-state index contributed by atoms with van der Waals surface area (Å²) in [4.78, 5) is 34.1. The number of rotatable bonds is 4. The van der Waals surface area contributed by atoms with Crippen LogP contribution < -0.4 is 10.9 Å². The van der Waals surface area contributed by atoms with E-state index in [1.54, 1.807) is 25.1 Å². The SMILES string of the molecule is Cc1ccc(-c2csc(NC(=O)Cn3c(C)nc4ccccc4c3=O)n2)cc1. The molecule has 0 unspecified atom stereocenters. The first-order valence-electron chi connectivity index (χ1n) is 8.80. The average Bonchev–Trinajstić information content (AvgIpc) is 3.14. The van der Waals surface area contributed by atoms with Crippen LogP contribution in [-0.4, -0.2) is 20.4 Å². The van der Waals surface area contributed by atoms with Gasteiger partial charge in [0.15, 0.2) is 5.13 Å². The highest BCUT2D eigenvalue weighted by atomic mass is 32.1. The van der Waals surface area contributed by atoms with Crippen LogP contribution in [0.4, 0.5) is 5.13 Å². The van der Waals surface area contributed by atoms with Crippen molar-refractivity contribution in [2.45, 2.75) is 20.4 Å². The number of para-hydroxylation sites is 1. The molecule has 1 N–H and O–H groups in total. The Balaban J connectivity index is 1.53. The van der Waals surface area contributed by atoms with Gasteiger partial charge in [0, 0.05) is 10.9 Å². The molecule has 140 valence electrons. The lowest BCUT2D eigenvalue weighted by Gasteiger charge is -2.10. The zero-order valence-corrected chi connectivity index (χ0v) is 16.3. The van der Waals surface area contributed by atoms with Gasteiger partial charge in [0.05, 0.1) is 16.6 Å². The van der Waals surface area contributed by atoms with Crippen molar-refractivity contribution in [2.75, 3.05) is 5.32 Å². The Kier molecular flexibility index (Phi) is 4.75. The number of nitrogens with zero attached hydrogens (tertiary/aromatic N) is 3. The molecule has 0 saturated carbocycles. The molecule has 0 radical (unpaired) electrons. The van der Waals surface area contributed by atoms with Crippen molar-refractivity contribution in [3.8, 4) is 11.3 Å². The number of hydrogen-bond donors (Lipinski definition) is 1. The molecular formula is C21H18N4O2S. The first-order valence-corrected chi connectivity index (χ1v) is 9.68. The standard InChI is InChI=1S/C21H18N4O2S/c1-13-7-9-15(10-8-13)18-12-28-21(23-18)24-19(26)11-25-14(2)22-17-6-4-3-5-16(17)20(25)27/h3-10,12H,11H2,1-2H3,(H,23,24,26). The van der Waals surface area contributed by atoms with Crippen molar-refractivity contribution >= 4 is 33.3 Å². The molecule has 0 aliphatic heterocycles. The van der Waals surface area contributed by atoms with E-state index in [4.69, 9.17) is 0 Å². The van der Waals surface area contributed by atoms with Crippen LogP contribution in [0, 0.1) is 13.8 Å². The first-order chi connectivity index (χ1) is 13.5. The average molecular weight is 390 g/mol. The molecular weight excluding hydrogens is 372 g/mol. The van der Waals surface area contributed by atoms with Crippen LogP contribution in [0.2, 0.25) is 0 Å². The largest absolute Gasteiger partial charge is 0.300 e. The fourth-order valence-corrected chi connectivity index (χ4v) is 3.69. The van der Waals surface area contributed by atoms with Crippen LogP contribution in [0.3, 0.4) is 0 Å². The normalized spacial score (nSPS) is 10.9. The second-order valence-corrected chi connectivity index (χ2v) is 7.38. The highest BCUT2D eigenvalue weighted by Gasteiger charge is 2.13. The Morgan fingerprint density at radius 1 is 1.07 bits per heavy atom. The maximum absolute atomic E-state index is 12.7. The quantitative estimate of drug-likeness (QED) is 0.575. The minimum Gasteiger partial charge on any atom is -0.300 e. The molecule has 28 heavy (non-hydrogen) atoms. The molecule has 0 fully saturated rings. The molecule has 0 atom stereocenters. The second kappa shape index (κ2) is 7.36. The first kappa shape index (κ1) is 18.1. The van der Waals surface area contributed by atoms with E-state index in [0.717, 1.165) is 11.3 Å². The van der Waals surface area contributed by atoms with Crippen molar-refractivity contribution in [3.63, 3.8) is 0 Å². The van der Waals surface area contributed by atoms with Gasteiger partial charge in [-0.25, -0.2) is 9.97 Å². The lowest BCUT2D eigenvalue weighted by molar-refractivity contribution is -0.116. The number of hydrogen-bond acceptors (Lipinski definition) is 5. The van der Waals surface area contributed by atoms with E-state index in [1.807, 2.05) is 42.6 Å². The van der Waals surface area contributed by atoms with E-state index in [9.17, 15) is 9.59 Å². The number of nitrogens with one attached hydrogen (secondary N) is 1. The van der Waals surface area contributed by atoms with E-state index < -0.39 is 0 Å². The third-order valence-electron chi connectivity index (χ3n) is 4.45. The third kappa shape index (κ3) is 3.57. The van der Waals surface area contributed by atoms with Crippen molar-refractivity contribution in [1.82, 2.24) is 14.5 Å². The number of aryl methyl sites for hydroxylation is 2. The Morgan fingerprint density at radius 2 is 1.82 bits per heavy atom. The maximum Gasteiger partial charge on any atom is 0.261 e. The number of benzene rings is 2. The summed E-state index contributed by atoms with van der Waals surface area (Å²) in [6, 6.07) is 15.2. The Morgan fingerprint density at radius 3 is 2.61 bits per heavy atom. The number of amides is 1. The maximum atomic E-state index is 12.7. The molecule has 0 aliphatic rings. The number of carbonyl (C=O) groups is 1. The summed E-state index contributed by atoms with van der Waals surface area (Å²) in [7, 11) is 0. The van der Waals surface area contributed by atoms with E-state index in [1.165, 1.54) is 21.5 Å². The van der Waals surface area contributed by atoms with Gasteiger partial charge in [0.1, 0.15) is 12.4 Å². The Bertz CT molecular complexity index is 1230. The fraction of sp³-hybridized carbons (Fsp3) is 0.143. The van der Waals surface area contributed by atoms with Crippen LogP contribution >= 0.6 is 11.3 Å². The summed E-state index contributed by atoms with van der Waals surface area (Å²) in [5.41, 5.74) is 3.38. The molecule has 6 nitrogen and oxygen atoms in total. The van der Waals surface area contributed by atoms with Gasteiger partial charge in [0.25, 0.3) is 5.56 Å². The lowest BCUT2D eigenvalue weighted by Crippen LogP contribution is -2.30. The summed E-state index contributed by atoms with van der Waals surface area (Å²) in [6.07, 6.45) is 0. The van der Waals surface area contributed by atoms with Gasteiger partial charge < -0.3 is 5.32 Å². The molecule has 4 rings (SSSR count). The van der Waals surface area contributed by atoms with E-state index in [0.29, 0.717) is 21.9 Å². The molecule has 1 amide bonds. The Hall–Kier alpha value is -3.32. The third-order valence-corrected chi connectivity index (χ3v) is 5.21. The number of fused-ring (bicyclic) bond motifs is 1. The van der Waals surface area contributed by atoms with Crippen molar-refractivity contribution in [3.05, 3.63) is 75.7 Å². The molecule has 0 saturated heterocycles. The van der Waals surface area contributed by atoms with Crippen LogP contribution in [0.5, 0.6) is 0 Å². The van der Waals surface area contributed by atoms with Gasteiger partial charge in [-0.3, -0.25) is 14.2 Å². The van der Waals surface area contributed by atoms with E-state index >= 15 is 0 Å². The van der Waals surface area contributed by atoms with Gasteiger partial charge in [-0.1, -0.05) is 42.0 Å². The summed E-state index contributed by atoms with van der Waals surface area (Å²) < 4.78 is 1.38. The van der Waals surface area contributed by atoms with Crippen molar-refractivity contribution < 1.29 is 4.79 Å². The number of anilines is 1. The summed E-state index contributed by atoms with van der Waals surface area (Å²) in [5.74, 6) is 0.186. The van der Waals surface area contributed by atoms with Crippen LogP contribution in [-0.2, 0) is 11.3 Å². The van der Waals surface area contributed by atoms with Gasteiger partial charge >= 0.3 is 0 Å². The molecule has 7 heteroatoms. The predicted molar refractivity (Wildman–Crippen MR) is 112 cm³/mol. The van der Waals surface area contributed by atoms with Crippen LogP contribution in [0.25, 0.3) is 22.2 Å². The van der Waals surface area contributed by atoms with Gasteiger partial charge in [-0.2, -0.15) is 0 Å². The van der Waals surface area contributed by atoms with Crippen LogP contribution in [0.15, 0.2) is 58.7 Å². The highest BCUT2D eigenvalue weighted by Crippen LogP contribution is 2.25. The highest BCUT2D eigenvalue weighted by molar-refractivity contribution is 7.14. The molecule has 4 aromatic rings. The lowest BCUT2D eigenvalue weighted by atomic mass is 10.1. The number of aromatic nitrogens is 3. The van der Waals surface area contributed by atoms with Gasteiger partial charge in [0.2, 0.25) is 5.91 Å². The summed E-state index contributed by atoms with van der Waals surface area (Å²) >= 11 is 1.35. The fourth-order valence-electron chi connectivity index (χ4n) is 2.96. The number of carbonyl (C=O) groups excluding carboxylic acids is 1. The van der Waals surface area contributed by atoms with Crippen molar-refractivity contribution in [2.24, 2.45) is 0 Å². The molecule has 2 aromatic heterocycles. The summed E-state index contributed by atoms with van der Waals surface area (Å²) in [5, 5.41) is 5.67. The van der Waals surface area contributed by atoms with Gasteiger partial charge in [-0.05, 0) is 26.0 Å². The van der Waals surface area contributed by atoms with Crippen molar-refractivity contribution in [1.29, 1.82) is 0 Å².